The molecule has 3 N–H and O–H groups in total. The molecular formula is C13H19F3N2. The monoisotopic (exact) mass is 260 g/mol. The zero-order valence-electron chi connectivity index (χ0n) is 10.4. The van der Waals surface area contributed by atoms with E-state index in [1.54, 1.807) is 0 Å². The van der Waals surface area contributed by atoms with Gasteiger partial charge in [0.2, 0.25) is 0 Å². The van der Waals surface area contributed by atoms with Crippen molar-refractivity contribution in [1.82, 2.24) is 5.32 Å². The Kier molecular flexibility index (Phi) is 5.62. The number of benzene rings is 1. The first-order valence-corrected chi connectivity index (χ1v) is 6.07. The van der Waals surface area contributed by atoms with E-state index in [0.717, 1.165) is 30.7 Å². The van der Waals surface area contributed by atoms with E-state index >= 15 is 0 Å². The van der Waals surface area contributed by atoms with Gasteiger partial charge >= 0.3 is 6.18 Å². The molecule has 1 atom stereocenters. The van der Waals surface area contributed by atoms with Crippen molar-refractivity contribution in [2.24, 2.45) is 5.73 Å². The zero-order chi connectivity index (χ0) is 13.6. The van der Waals surface area contributed by atoms with E-state index in [9.17, 15) is 13.2 Å². The summed E-state index contributed by atoms with van der Waals surface area (Å²) in [5.41, 5.74) is 5.70. The van der Waals surface area contributed by atoms with Crippen LogP contribution in [0.2, 0.25) is 0 Å². The fourth-order valence-electron chi connectivity index (χ4n) is 1.76. The molecular weight excluding hydrogens is 241 g/mol. The molecule has 0 saturated carbocycles. The molecule has 0 fully saturated rings. The van der Waals surface area contributed by atoms with Crippen LogP contribution in [0, 0.1) is 0 Å². The van der Waals surface area contributed by atoms with Crippen molar-refractivity contribution in [3.63, 3.8) is 0 Å². The van der Waals surface area contributed by atoms with Gasteiger partial charge in [-0.2, -0.15) is 13.2 Å². The Balaban J connectivity index is 2.62. The second kappa shape index (κ2) is 6.75. The van der Waals surface area contributed by atoms with E-state index in [4.69, 9.17) is 5.73 Å². The summed E-state index contributed by atoms with van der Waals surface area (Å²) < 4.78 is 37.2. The molecule has 1 rings (SSSR count). The molecule has 102 valence electrons. The highest BCUT2D eigenvalue weighted by Gasteiger charge is 2.29. The van der Waals surface area contributed by atoms with Crippen molar-refractivity contribution in [2.75, 3.05) is 13.1 Å². The third-order valence-corrected chi connectivity index (χ3v) is 2.83. The maximum Gasteiger partial charge on any atom is 0.416 e. The molecule has 0 heterocycles. The summed E-state index contributed by atoms with van der Waals surface area (Å²) in [4.78, 5) is 0. The normalized spacial score (nSPS) is 13.6. The van der Waals surface area contributed by atoms with Gasteiger partial charge in [-0.1, -0.05) is 19.1 Å². The predicted octanol–water partition coefficient (Wildman–Crippen LogP) is 2.57. The molecule has 0 radical (unpaired) electrons. The summed E-state index contributed by atoms with van der Waals surface area (Å²) in [6, 6.07) is 5.59. The smallest absolute Gasteiger partial charge is 0.329 e. The summed E-state index contributed by atoms with van der Waals surface area (Å²) in [5.74, 6) is 0. The van der Waals surface area contributed by atoms with E-state index in [1.807, 2.05) is 6.92 Å². The van der Waals surface area contributed by atoms with Gasteiger partial charge in [0.15, 0.2) is 0 Å². The first-order valence-electron chi connectivity index (χ1n) is 6.07. The highest BCUT2D eigenvalue weighted by Crippen LogP contribution is 2.29. The SMILES string of the molecule is CCC(Cc1ccc(C(F)(F)F)cc1)NCCN. The van der Waals surface area contributed by atoms with Crippen LogP contribution in [-0.4, -0.2) is 19.1 Å². The van der Waals surface area contributed by atoms with Gasteiger partial charge in [-0.25, -0.2) is 0 Å². The topological polar surface area (TPSA) is 38.0 Å². The van der Waals surface area contributed by atoms with Gasteiger partial charge in [0, 0.05) is 19.1 Å². The van der Waals surface area contributed by atoms with Crippen molar-refractivity contribution < 1.29 is 13.2 Å². The van der Waals surface area contributed by atoms with Gasteiger partial charge in [-0.15, -0.1) is 0 Å². The second-order valence-corrected chi connectivity index (χ2v) is 4.25. The number of halogens is 3. The lowest BCUT2D eigenvalue weighted by Crippen LogP contribution is -2.34. The Hall–Kier alpha value is -1.07. The van der Waals surface area contributed by atoms with E-state index in [-0.39, 0.29) is 6.04 Å². The van der Waals surface area contributed by atoms with Crippen LogP contribution in [0.15, 0.2) is 24.3 Å². The van der Waals surface area contributed by atoms with E-state index in [1.165, 1.54) is 12.1 Å². The number of alkyl halides is 3. The molecule has 2 nitrogen and oxygen atoms in total. The molecule has 0 aromatic heterocycles. The molecule has 0 spiro atoms. The fraction of sp³-hybridized carbons (Fsp3) is 0.538. The van der Waals surface area contributed by atoms with Gasteiger partial charge in [-0.3, -0.25) is 0 Å². The Morgan fingerprint density at radius 2 is 1.83 bits per heavy atom. The lowest BCUT2D eigenvalue weighted by Gasteiger charge is -2.17. The van der Waals surface area contributed by atoms with Gasteiger partial charge in [-0.05, 0) is 30.5 Å². The first-order chi connectivity index (χ1) is 8.47. The molecule has 0 bridgehead atoms. The van der Waals surface area contributed by atoms with E-state index in [2.05, 4.69) is 5.32 Å². The van der Waals surface area contributed by atoms with Gasteiger partial charge < -0.3 is 11.1 Å². The summed E-state index contributed by atoms with van der Waals surface area (Å²) in [7, 11) is 0. The average molecular weight is 260 g/mol. The Morgan fingerprint density at radius 1 is 1.22 bits per heavy atom. The molecule has 1 aromatic carbocycles. The molecule has 0 aliphatic carbocycles. The maximum absolute atomic E-state index is 12.4. The third kappa shape index (κ3) is 4.66. The highest BCUT2D eigenvalue weighted by molar-refractivity contribution is 5.25. The van der Waals surface area contributed by atoms with E-state index < -0.39 is 11.7 Å². The Morgan fingerprint density at radius 3 is 2.28 bits per heavy atom. The van der Waals surface area contributed by atoms with Crippen LogP contribution in [0.3, 0.4) is 0 Å². The minimum atomic E-state index is -4.26. The highest BCUT2D eigenvalue weighted by atomic mass is 19.4. The minimum absolute atomic E-state index is 0.255. The molecule has 1 unspecified atom stereocenters. The molecule has 1 aromatic rings. The van der Waals surface area contributed by atoms with Crippen molar-refractivity contribution in [2.45, 2.75) is 32.0 Å². The van der Waals surface area contributed by atoms with Crippen LogP contribution >= 0.6 is 0 Å². The molecule has 18 heavy (non-hydrogen) atoms. The third-order valence-electron chi connectivity index (χ3n) is 2.83. The Bertz CT molecular complexity index is 346. The summed E-state index contributed by atoms with van der Waals surface area (Å²) in [6.45, 7) is 3.32. The van der Waals surface area contributed by atoms with Crippen molar-refractivity contribution in [3.8, 4) is 0 Å². The van der Waals surface area contributed by atoms with Crippen LogP contribution in [0.25, 0.3) is 0 Å². The summed E-state index contributed by atoms with van der Waals surface area (Å²) >= 11 is 0. The Labute approximate surface area is 105 Å². The predicted molar refractivity (Wildman–Crippen MR) is 66.3 cm³/mol. The van der Waals surface area contributed by atoms with Crippen molar-refractivity contribution in [3.05, 3.63) is 35.4 Å². The van der Waals surface area contributed by atoms with E-state index in [0.29, 0.717) is 13.0 Å². The standard InChI is InChI=1S/C13H19F3N2/c1-2-12(18-8-7-17)9-10-3-5-11(6-4-10)13(14,15)16/h3-6,12,18H,2,7-9,17H2,1H3. The molecule has 0 amide bonds. The van der Waals surface area contributed by atoms with Crippen LogP contribution in [-0.2, 0) is 12.6 Å². The summed E-state index contributed by atoms with van der Waals surface area (Å²) in [6.07, 6.45) is -2.63. The lowest BCUT2D eigenvalue weighted by molar-refractivity contribution is -0.137. The van der Waals surface area contributed by atoms with Gasteiger partial charge in [0.25, 0.3) is 0 Å². The molecule has 0 aliphatic heterocycles. The number of nitrogens with two attached hydrogens (primary N) is 1. The van der Waals surface area contributed by atoms with Crippen LogP contribution < -0.4 is 11.1 Å². The van der Waals surface area contributed by atoms with Crippen molar-refractivity contribution in [1.29, 1.82) is 0 Å². The molecule has 0 aliphatic rings. The van der Waals surface area contributed by atoms with Crippen molar-refractivity contribution >= 4 is 0 Å². The fourth-order valence-corrected chi connectivity index (χ4v) is 1.76. The number of rotatable bonds is 6. The summed E-state index contributed by atoms with van der Waals surface area (Å²) in [5, 5.41) is 3.27. The van der Waals surface area contributed by atoms with Gasteiger partial charge in [0.1, 0.15) is 0 Å². The van der Waals surface area contributed by atoms with Gasteiger partial charge in [0.05, 0.1) is 5.56 Å². The average Bonchev–Trinajstić information content (AvgIpc) is 2.34. The van der Waals surface area contributed by atoms with Crippen LogP contribution in [0.5, 0.6) is 0 Å². The minimum Gasteiger partial charge on any atom is -0.329 e. The van der Waals surface area contributed by atoms with Crippen LogP contribution in [0.1, 0.15) is 24.5 Å². The zero-order valence-corrected chi connectivity index (χ0v) is 10.4. The quantitative estimate of drug-likeness (QED) is 0.825. The maximum atomic E-state index is 12.4. The second-order valence-electron chi connectivity index (χ2n) is 4.25. The largest absolute Gasteiger partial charge is 0.416 e. The van der Waals surface area contributed by atoms with Crippen LogP contribution in [0.4, 0.5) is 13.2 Å². The molecule has 0 saturated heterocycles. The number of hydrogen-bond donors (Lipinski definition) is 2. The number of nitrogens with one attached hydrogen (secondary N) is 1. The first kappa shape index (κ1) is 15.0. The number of hydrogen-bond acceptors (Lipinski definition) is 2. The lowest BCUT2D eigenvalue weighted by atomic mass is 10.0. The molecule has 5 heteroatoms.